The van der Waals surface area contributed by atoms with Crippen LogP contribution < -0.4 is 5.73 Å². The number of para-hydroxylation sites is 1. The van der Waals surface area contributed by atoms with Gasteiger partial charge in [-0.2, -0.15) is 0 Å². The van der Waals surface area contributed by atoms with Crippen LogP contribution in [0.5, 0.6) is 0 Å². The topological polar surface area (TPSA) is 42.4 Å². The summed E-state index contributed by atoms with van der Waals surface area (Å²) in [4.78, 5) is 2.47. The molecule has 1 aromatic heterocycles. The summed E-state index contributed by atoms with van der Waals surface area (Å²) in [6.07, 6.45) is 2.57. The maximum absolute atomic E-state index is 6.34. The van der Waals surface area contributed by atoms with Crippen LogP contribution in [0.15, 0.2) is 34.7 Å². The van der Waals surface area contributed by atoms with Crippen molar-refractivity contribution in [2.75, 3.05) is 19.6 Å². The van der Waals surface area contributed by atoms with E-state index >= 15 is 0 Å². The first-order chi connectivity index (χ1) is 9.53. The van der Waals surface area contributed by atoms with E-state index in [0.29, 0.717) is 5.41 Å². The van der Waals surface area contributed by atoms with Crippen molar-refractivity contribution >= 4 is 11.0 Å². The Morgan fingerprint density at radius 2 is 2.15 bits per heavy atom. The predicted molar refractivity (Wildman–Crippen MR) is 82.6 cm³/mol. The lowest BCUT2D eigenvalue weighted by molar-refractivity contribution is 0.110. The quantitative estimate of drug-likeness (QED) is 0.929. The second kappa shape index (κ2) is 5.23. The molecule has 0 amide bonds. The second-order valence-electron chi connectivity index (χ2n) is 6.80. The highest BCUT2D eigenvalue weighted by atomic mass is 16.3. The Labute approximate surface area is 120 Å². The average Bonchev–Trinajstić information content (AvgIpc) is 2.81. The Bertz CT molecular complexity index is 554. The molecule has 0 aliphatic carbocycles. The first-order valence-corrected chi connectivity index (χ1v) is 7.50. The fraction of sp³-hybridized carbons (Fsp3) is 0.529. The third-order valence-corrected chi connectivity index (χ3v) is 4.24. The van der Waals surface area contributed by atoms with Gasteiger partial charge >= 0.3 is 0 Å². The zero-order valence-corrected chi connectivity index (χ0v) is 12.4. The highest BCUT2D eigenvalue weighted by Gasteiger charge is 2.27. The van der Waals surface area contributed by atoms with Gasteiger partial charge in [0.15, 0.2) is 0 Å². The van der Waals surface area contributed by atoms with E-state index in [-0.39, 0.29) is 6.04 Å². The van der Waals surface area contributed by atoms with Crippen LogP contribution in [0, 0.1) is 5.41 Å². The number of fused-ring (bicyclic) bond motifs is 1. The summed E-state index contributed by atoms with van der Waals surface area (Å²) < 4.78 is 5.87. The van der Waals surface area contributed by atoms with Gasteiger partial charge in [-0.25, -0.2) is 0 Å². The Balaban J connectivity index is 1.71. The maximum atomic E-state index is 6.34. The summed E-state index contributed by atoms with van der Waals surface area (Å²) in [6.45, 7) is 7.83. The molecule has 0 spiro atoms. The van der Waals surface area contributed by atoms with Crippen molar-refractivity contribution in [3.8, 4) is 0 Å². The first-order valence-electron chi connectivity index (χ1n) is 7.50. The van der Waals surface area contributed by atoms with E-state index in [1.807, 2.05) is 18.2 Å². The summed E-state index contributed by atoms with van der Waals surface area (Å²) in [5.41, 5.74) is 7.68. The van der Waals surface area contributed by atoms with Crippen molar-refractivity contribution in [3.05, 3.63) is 36.1 Å². The minimum absolute atomic E-state index is 0.0451. The van der Waals surface area contributed by atoms with Crippen LogP contribution in [0.1, 0.15) is 38.5 Å². The van der Waals surface area contributed by atoms with E-state index in [1.54, 1.807) is 0 Å². The molecular formula is C17H24N2O. The zero-order chi connectivity index (χ0) is 14.2. The van der Waals surface area contributed by atoms with Crippen LogP contribution in [-0.4, -0.2) is 24.5 Å². The number of benzene rings is 1. The number of rotatable bonds is 3. The largest absolute Gasteiger partial charge is 0.459 e. The van der Waals surface area contributed by atoms with E-state index < -0.39 is 0 Å². The molecule has 2 aromatic rings. The lowest BCUT2D eigenvalue weighted by Crippen LogP contribution is -2.43. The lowest BCUT2D eigenvalue weighted by Gasteiger charge is -2.38. The van der Waals surface area contributed by atoms with Crippen molar-refractivity contribution in [1.29, 1.82) is 0 Å². The fourth-order valence-electron chi connectivity index (χ4n) is 3.25. The van der Waals surface area contributed by atoms with Crippen molar-refractivity contribution in [2.45, 2.75) is 32.7 Å². The van der Waals surface area contributed by atoms with Gasteiger partial charge in [0.25, 0.3) is 0 Å². The summed E-state index contributed by atoms with van der Waals surface area (Å²) in [5.74, 6) is 0.898. The third kappa shape index (κ3) is 2.89. The van der Waals surface area contributed by atoms with E-state index in [0.717, 1.165) is 36.4 Å². The molecule has 0 saturated carbocycles. The number of piperidine rings is 1. The first kappa shape index (κ1) is 13.7. The number of furan rings is 1. The van der Waals surface area contributed by atoms with E-state index in [1.165, 1.54) is 12.8 Å². The highest BCUT2D eigenvalue weighted by molar-refractivity contribution is 5.77. The van der Waals surface area contributed by atoms with Gasteiger partial charge in [0.1, 0.15) is 11.3 Å². The zero-order valence-electron chi connectivity index (χ0n) is 12.4. The van der Waals surface area contributed by atoms with Gasteiger partial charge < -0.3 is 15.1 Å². The van der Waals surface area contributed by atoms with E-state index in [4.69, 9.17) is 10.2 Å². The van der Waals surface area contributed by atoms with Crippen molar-refractivity contribution in [1.82, 2.24) is 4.90 Å². The number of nitrogens with zero attached hydrogens (tertiary/aromatic N) is 1. The Kier molecular flexibility index (Phi) is 3.57. The molecule has 3 heteroatoms. The molecular weight excluding hydrogens is 248 g/mol. The molecule has 1 atom stereocenters. The van der Waals surface area contributed by atoms with Crippen molar-refractivity contribution in [2.24, 2.45) is 11.1 Å². The summed E-state index contributed by atoms with van der Waals surface area (Å²) >= 11 is 0. The molecule has 1 unspecified atom stereocenters. The number of nitrogens with two attached hydrogens (primary N) is 1. The summed E-state index contributed by atoms with van der Waals surface area (Å²) in [7, 11) is 0. The molecule has 2 heterocycles. The molecule has 2 N–H and O–H groups in total. The van der Waals surface area contributed by atoms with E-state index in [9.17, 15) is 0 Å². The highest BCUT2D eigenvalue weighted by Crippen LogP contribution is 2.30. The molecule has 108 valence electrons. The number of hydrogen-bond donors (Lipinski definition) is 1. The van der Waals surface area contributed by atoms with Gasteiger partial charge in [0, 0.05) is 18.5 Å². The van der Waals surface area contributed by atoms with Gasteiger partial charge in [-0.05, 0) is 36.9 Å². The second-order valence-corrected chi connectivity index (χ2v) is 6.80. The molecule has 20 heavy (non-hydrogen) atoms. The van der Waals surface area contributed by atoms with Crippen LogP contribution in [0.2, 0.25) is 0 Å². The Morgan fingerprint density at radius 3 is 2.90 bits per heavy atom. The van der Waals surface area contributed by atoms with Crippen LogP contribution >= 0.6 is 0 Å². The van der Waals surface area contributed by atoms with Crippen molar-refractivity contribution in [3.63, 3.8) is 0 Å². The molecule has 1 aliphatic heterocycles. The van der Waals surface area contributed by atoms with Gasteiger partial charge in [0.05, 0.1) is 6.04 Å². The average molecular weight is 272 g/mol. The van der Waals surface area contributed by atoms with Crippen LogP contribution in [-0.2, 0) is 0 Å². The molecule has 1 saturated heterocycles. The van der Waals surface area contributed by atoms with Crippen molar-refractivity contribution < 1.29 is 4.42 Å². The van der Waals surface area contributed by atoms with Gasteiger partial charge in [-0.15, -0.1) is 0 Å². The molecule has 1 aromatic carbocycles. The molecule has 1 aliphatic rings. The lowest BCUT2D eigenvalue weighted by atomic mass is 9.84. The fourth-order valence-corrected chi connectivity index (χ4v) is 3.25. The summed E-state index contributed by atoms with van der Waals surface area (Å²) in [6, 6.07) is 10.1. The van der Waals surface area contributed by atoms with Crippen LogP contribution in [0.25, 0.3) is 11.0 Å². The minimum atomic E-state index is -0.0451. The molecule has 0 bridgehead atoms. The Hall–Kier alpha value is -1.32. The van der Waals surface area contributed by atoms with E-state index in [2.05, 4.69) is 30.9 Å². The summed E-state index contributed by atoms with van der Waals surface area (Å²) in [5, 5.41) is 1.14. The van der Waals surface area contributed by atoms with Gasteiger partial charge in [-0.1, -0.05) is 32.0 Å². The molecule has 1 fully saturated rings. The monoisotopic (exact) mass is 272 g/mol. The molecule has 3 nitrogen and oxygen atoms in total. The predicted octanol–water partition coefficient (Wildman–Crippen LogP) is 3.55. The third-order valence-electron chi connectivity index (χ3n) is 4.24. The maximum Gasteiger partial charge on any atom is 0.134 e. The van der Waals surface area contributed by atoms with Gasteiger partial charge in [0.2, 0.25) is 0 Å². The Morgan fingerprint density at radius 1 is 1.35 bits per heavy atom. The molecule has 0 radical (unpaired) electrons. The minimum Gasteiger partial charge on any atom is -0.459 e. The van der Waals surface area contributed by atoms with Crippen LogP contribution in [0.4, 0.5) is 0 Å². The number of likely N-dealkylation sites (tertiary alicyclic amines) is 1. The van der Waals surface area contributed by atoms with Gasteiger partial charge in [-0.3, -0.25) is 0 Å². The molecule has 3 rings (SSSR count). The van der Waals surface area contributed by atoms with Crippen LogP contribution in [0.3, 0.4) is 0 Å². The standard InChI is InChI=1S/C17H24N2O/c1-17(2)8-5-9-19(12-17)11-14(18)16-10-13-6-3-4-7-15(13)20-16/h3-4,6-7,10,14H,5,8-9,11-12,18H2,1-2H3. The normalized spacial score (nSPS) is 21.1. The SMILES string of the molecule is CC1(C)CCCN(CC(N)c2cc3ccccc3o2)C1. The smallest absolute Gasteiger partial charge is 0.134 e. The number of hydrogen-bond acceptors (Lipinski definition) is 3.